The van der Waals surface area contributed by atoms with Crippen LogP contribution in [0.15, 0.2) is 22.7 Å². The standard InChI is InChI=1S/C15H19BrFNO3/c1-15(2,7-6-12(19)20)8-9-18-14(21)13-10(16)4-3-5-11(13)17/h3-5H,6-9H2,1-2H3,(H,18,21)(H,19,20). The lowest BCUT2D eigenvalue weighted by Crippen LogP contribution is -2.29. The number of rotatable bonds is 7. The van der Waals surface area contributed by atoms with Gasteiger partial charge in [0, 0.05) is 17.4 Å². The molecule has 0 aliphatic carbocycles. The highest BCUT2D eigenvalue weighted by Crippen LogP contribution is 2.26. The fourth-order valence-electron chi connectivity index (χ4n) is 1.89. The molecule has 2 N–H and O–H groups in total. The molecule has 1 aromatic rings. The molecule has 1 rings (SSSR count). The van der Waals surface area contributed by atoms with Crippen molar-refractivity contribution in [2.45, 2.75) is 33.1 Å². The Morgan fingerprint density at radius 1 is 1.33 bits per heavy atom. The van der Waals surface area contributed by atoms with E-state index in [1.54, 1.807) is 6.07 Å². The number of nitrogens with one attached hydrogen (secondary N) is 1. The van der Waals surface area contributed by atoms with E-state index in [9.17, 15) is 14.0 Å². The molecule has 6 heteroatoms. The van der Waals surface area contributed by atoms with Crippen LogP contribution in [0.3, 0.4) is 0 Å². The number of aliphatic carboxylic acids is 1. The van der Waals surface area contributed by atoms with Gasteiger partial charge in [-0.1, -0.05) is 19.9 Å². The summed E-state index contributed by atoms with van der Waals surface area (Å²) in [5, 5.41) is 11.4. The van der Waals surface area contributed by atoms with Crippen LogP contribution in [0.1, 0.15) is 43.5 Å². The van der Waals surface area contributed by atoms with Crippen LogP contribution < -0.4 is 5.32 Å². The topological polar surface area (TPSA) is 66.4 Å². The number of hydrogen-bond donors (Lipinski definition) is 2. The van der Waals surface area contributed by atoms with Crippen molar-refractivity contribution in [3.05, 3.63) is 34.1 Å². The van der Waals surface area contributed by atoms with Gasteiger partial charge in [-0.15, -0.1) is 0 Å². The average molecular weight is 360 g/mol. The first-order chi connectivity index (χ1) is 9.73. The van der Waals surface area contributed by atoms with Crippen LogP contribution in [0.25, 0.3) is 0 Å². The van der Waals surface area contributed by atoms with Crippen LogP contribution in [0.4, 0.5) is 4.39 Å². The molecule has 4 nitrogen and oxygen atoms in total. The third-order valence-corrected chi connectivity index (χ3v) is 3.95. The van der Waals surface area contributed by atoms with E-state index in [2.05, 4.69) is 21.2 Å². The molecule has 0 radical (unpaired) electrons. The highest BCUT2D eigenvalue weighted by atomic mass is 79.9. The fraction of sp³-hybridized carbons (Fsp3) is 0.467. The predicted octanol–water partition coefficient (Wildman–Crippen LogP) is 3.60. The van der Waals surface area contributed by atoms with E-state index in [4.69, 9.17) is 5.11 Å². The fourth-order valence-corrected chi connectivity index (χ4v) is 2.41. The Bertz CT molecular complexity index is 511. The number of carboxylic acids is 1. The monoisotopic (exact) mass is 359 g/mol. The molecule has 0 saturated heterocycles. The lowest BCUT2D eigenvalue weighted by molar-refractivity contribution is -0.137. The van der Waals surface area contributed by atoms with Crippen molar-refractivity contribution < 1.29 is 19.1 Å². The molecule has 1 aromatic carbocycles. The number of carbonyl (C=O) groups is 2. The van der Waals surface area contributed by atoms with Crippen LogP contribution in [0.5, 0.6) is 0 Å². The minimum atomic E-state index is -0.831. The summed E-state index contributed by atoms with van der Waals surface area (Å²) in [4.78, 5) is 22.5. The second-order valence-electron chi connectivity index (χ2n) is 5.66. The first-order valence-corrected chi connectivity index (χ1v) is 7.46. The van der Waals surface area contributed by atoms with Gasteiger partial charge in [0.05, 0.1) is 5.56 Å². The zero-order chi connectivity index (χ0) is 16.0. The Kier molecular flexibility index (Phi) is 6.33. The van der Waals surface area contributed by atoms with E-state index < -0.39 is 17.7 Å². The summed E-state index contributed by atoms with van der Waals surface area (Å²) in [5.41, 5.74) is -0.209. The van der Waals surface area contributed by atoms with E-state index in [1.165, 1.54) is 12.1 Å². The van der Waals surface area contributed by atoms with Crippen molar-refractivity contribution in [3.8, 4) is 0 Å². The molecule has 0 fully saturated rings. The van der Waals surface area contributed by atoms with Gasteiger partial charge in [0.2, 0.25) is 0 Å². The maximum Gasteiger partial charge on any atom is 0.303 e. The van der Waals surface area contributed by atoms with Crippen LogP contribution in [0, 0.1) is 11.2 Å². The minimum Gasteiger partial charge on any atom is -0.481 e. The lowest BCUT2D eigenvalue weighted by atomic mass is 9.84. The van der Waals surface area contributed by atoms with Crippen LogP contribution in [-0.2, 0) is 4.79 Å². The van der Waals surface area contributed by atoms with Crippen molar-refractivity contribution in [1.82, 2.24) is 5.32 Å². The van der Waals surface area contributed by atoms with E-state index in [1.807, 2.05) is 13.8 Å². The summed E-state index contributed by atoms with van der Waals surface area (Å²) in [6.07, 6.45) is 1.25. The average Bonchev–Trinajstić information content (AvgIpc) is 2.36. The number of halogens is 2. The van der Waals surface area contributed by atoms with E-state index in [-0.39, 0.29) is 17.4 Å². The maximum absolute atomic E-state index is 13.6. The first-order valence-electron chi connectivity index (χ1n) is 6.67. The lowest BCUT2D eigenvalue weighted by Gasteiger charge is -2.23. The molecular formula is C15H19BrFNO3. The zero-order valence-corrected chi connectivity index (χ0v) is 13.7. The predicted molar refractivity (Wildman–Crippen MR) is 81.7 cm³/mol. The Morgan fingerprint density at radius 3 is 2.57 bits per heavy atom. The second kappa shape index (κ2) is 7.54. The van der Waals surface area contributed by atoms with Crippen LogP contribution >= 0.6 is 15.9 Å². The van der Waals surface area contributed by atoms with Gasteiger partial charge in [0.15, 0.2) is 0 Å². The molecule has 0 saturated carbocycles. The van der Waals surface area contributed by atoms with Crippen molar-refractivity contribution in [3.63, 3.8) is 0 Å². The number of amides is 1. The summed E-state index contributed by atoms with van der Waals surface area (Å²) in [5.74, 6) is -1.89. The normalized spacial score (nSPS) is 11.2. The molecular weight excluding hydrogens is 341 g/mol. The molecule has 1 amide bonds. The molecule has 0 aliphatic heterocycles. The minimum absolute atomic E-state index is 0.0131. The quantitative estimate of drug-likeness (QED) is 0.781. The molecule has 0 heterocycles. The number of carboxylic acid groups (broad SMARTS) is 1. The largest absolute Gasteiger partial charge is 0.481 e. The van der Waals surface area contributed by atoms with Gasteiger partial charge in [0.25, 0.3) is 5.91 Å². The zero-order valence-electron chi connectivity index (χ0n) is 12.1. The van der Waals surface area contributed by atoms with Crippen molar-refractivity contribution >= 4 is 27.8 Å². The van der Waals surface area contributed by atoms with E-state index >= 15 is 0 Å². The summed E-state index contributed by atoms with van der Waals surface area (Å²) in [6, 6.07) is 4.36. The molecule has 0 aliphatic rings. The third-order valence-electron chi connectivity index (χ3n) is 3.29. The van der Waals surface area contributed by atoms with Gasteiger partial charge >= 0.3 is 5.97 Å². The molecule has 0 spiro atoms. The van der Waals surface area contributed by atoms with Gasteiger partial charge in [-0.25, -0.2) is 4.39 Å². The Hall–Kier alpha value is -1.43. The summed E-state index contributed by atoms with van der Waals surface area (Å²) in [6.45, 7) is 4.26. The Morgan fingerprint density at radius 2 is 2.00 bits per heavy atom. The van der Waals surface area contributed by atoms with Crippen LogP contribution in [0.2, 0.25) is 0 Å². The van der Waals surface area contributed by atoms with Crippen LogP contribution in [-0.4, -0.2) is 23.5 Å². The second-order valence-corrected chi connectivity index (χ2v) is 6.51. The highest BCUT2D eigenvalue weighted by Gasteiger charge is 2.20. The molecule has 116 valence electrons. The van der Waals surface area contributed by atoms with Gasteiger partial charge in [0.1, 0.15) is 5.82 Å². The van der Waals surface area contributed by atoms with E-state index in [0.29, 0.717) is 23.9 Å². The van der Waals surface area contributed by atoms with Gasteiger partial charge in [-0.05, 0) is 46.3 Å². The SMILES string of the molecule is CC(C)(CCNC(=O)c1c(F)cccc1Br)CCC(=O)O. The smallest absolute Gasteiger partial charge is 0.303 e. The number of benzene rings is 1. The number of carbonyl (C=O) groups excluding carboxylic acids is 1. The van der Waals surface area contributed by atoms with Crippen molar-refractivity contribution in [2.75, 3.05) is 6.54 Å². The Balaban J connectivity index is 2.52. The van der Waals surface area contributed by atoms with Gasteiger partial charge in [-0.2, -0.15) is 0 Å². The molecule has 0 atom stereocenters. The van der Waals surface area contributed by atoms with Gasteiger partial charge in [-0.3, -0.25) is 9.59 Å². The molecule has 0 aromatic heterocycles. The summed E-state index contributed by atoms with van der Waals surface area (Å²) >= 11 is 3.15. The molecule has 0 bridgehead atoms. The third kappa shape index (κ3) is 5.83. The summed E-state index contributed by atoms with van der Waals surface area (Å²) < 4.78 is 14.0. The van der Waals surface area contributed by atoms with Crippen molar-refractivity contribution in [2.24, 2.45) is 5.41 Å². The highest BCUT2D eigenvalue weighted by molar-refractivity contribution is 9.10. The molecule has 21 heavy (non-hydrogen) atoms. The Labute approximate surface area is 131 Å². The van der Waals surface area contributed by atoms with Crippen molar-refractivity contribution in [1.29, 1.82) is 0 Å². The molecule has 0 unspecified atom stereocenters. The maximum atomic E-state index is 13.6. The number of hydrogen-bond acceptors (Lipinski definition) is 2. The van der Waals surface area contributed by atoms with E-state index in [0.717, 1.165) is 0 Å². The first kappa shape index (κ1) is 17.6. The summed E-state index contributed by atoms with van der Waals surface area (Å²) in [7, 11) is 0. The van der Waals surface area contributed by atoms with Gasteiger partial charge < -0.3 is 10.4 Å².